The second kappa shape index (κ2) is 5.38. The number of carbonyl (C=O) groups excluding carboxylic acids is 1. The lowest BCUT2D eigenvalue weighted by Gasteiger charge is -2.34. The van der Waals surface area contributed by atoms with Gasteiger partial charge in [0, 0.05) is 12.7 Å². The number of nitrogens with one attached hydrogen (secondary N) is 1. The molecule has 1 aliphatic rings. The molecular weight excluding hydrogens is 226 g/mol. The third-order valence-corrected chi connectivity index (χ3v) is 3.82. The molecule has 98 valence electrons. The van der Waals surface area contributed by atoms with Gasteiger partial charge in [-0.2, -0.15) is 0 Å². The molecule has 4 nitrogen and oxygen atoms in total. The first kappa shape index (κ1) is 12.9. The van der Waals surface area contributed by atoms with E-state index >= 15 is 0 Å². The summed E-state index contributed by atoms with van der Waals surface area (Å²) in [6.07, 6.45) is 8.08. The first-order chi connectivity index (χ1) is 8.61. The Morgan fingerprint density at radius 3 is 2.83 bits per heavy atom. The molecular formula is C14H21N3O. The summed E-state index contributed by atoms with van der Waals surface area (Å²) in [7, 11) is 0. The Balaban J connectivity index is 2.03. The molecule has 0 radical (unpaired) electrons. The minimum absolute atomic E-state index is 0.310. The highest BCUT2D eigenvalue weighted by Crippen LogP contribution is 2.35. The van der Waals surface area contributed by atoms with Crippen LogP contribution in [0.3, 0.4) is 0 Å². The number of nitrogens with zero attached hydrogens (tertiary/aromatic N) is 1. The van der Waals surface area contributed by atoms with Crippen LogP contribution in [0.15, 0.2) is 18.3 Å². The van der Waals surface area contributed by atoms with Gasteiger partial charge < -0.3 is 11.1 Å². The molecule has 1 aliphatic carbocycles. The quantitative estimate of drug-likeness (QED) is 0.859. The fourth-order valence-electron chi connectivity index (χ4n) is 2.62. The zero-order valence-corrected chi connectivity index (χ0v) is 10.9. The van der Waals surface area contributed by atoms with Gasteiger partial charge in [0.2, 0.25) is 0 Å². The van der Waals surface area contributed by atoms with Crippen molar-refractivity contribution in [1.29, 1.82) is 0 Å². The fourth-order valence-corrected chi connectivity index (χ4v) is 2.62. The number of amides is 1. The molecule has 0 unspecified atom stereocenters. The van der Waals surface area contributed by atoms with Gasteiger partial charge in [0.1, 0.15) is 5.82 Å². The van der Waals surface area contributed by atoms with Crippen LogP contribution in [0.5, 0.6) is 0 Å². The third kappa shape index (κ3) is 3.00. The molecule has 1 amide bonds. The standard InChI is InChI=1S/C14H21N3O/c1-14(7-3-2-4-8-14)10-17-13-11(12(15)18)6-5-9-16-13/h5-6,9H,2-4,7-8,10H2,1H3,(H2,15,18)(H,16,17). The fraction of sp³-hybridized carbons (Fsp3) is 0.571. The summed E-state index contributed by atoms with van der Waals surface area (Å²) in [4.78, 5) is 15.5. The van der Waals surface area contributed by atoms with Gasteiger partial charge in [-0.25, -0.2) is 4.98 Å². The molecule has 1 aromatic heterocycles. The molecule has 0 bridgehead atoms. The SMILES string of the molecule is CC1(CNc2ncccc2C(N)=O)CCCCC1. The first-order valence-corrected chi connectivity index (χ1v) is 6.59. The number of hydrogen-bond acceptors (Lipinski definition) is 3. The number of rotatable bonds is 4. The number of hydrogen-bond donors (Lipinski definition) is 2. The predicted molar refractivity (Wildman–Crippen MR) is 72.4 cm³/mol. The highest BCUT2D eigenvalue weighted by Gasteiger charge is 2.26. The Bertz CT molecular complexity index is 425. The predicted octanol–water partition coefficient (Wildman–Crippen LogP) is 2.56. The number of nitrogens with two attached hydrogens (primary N) is 1. The van der Waals surface area contributed by atoms with Crippen molar-refractivity contribution in [3.8, 4) is 0 Å². The third-order valence-electron chi connectivity index (χ3n) is 3.82. The molecule has 0 spiro atoms. The van der Waals surface area contributed by atoms with Crippen molar-refractivity contribution in [1.82, 2.24) is 4.98 Å². The Labute approximate surface area is 108 Å². The van der Waals surface area contributed by atoms with Crippen LogP contribution in [-0.4, -0.2) is 17.4 Å². The highest BCUT2D eigenvalue weighted by atomic mass is 16.1. The largest absolute Gasteiger partial charge is 0.369 e. The van der Waals surface area contributed by atoms with Crippen LogP contribution >= 0.6 is 0 Å². The van der Waals surface area contributed by atoms with Crippen LogP contribution in [0.1, 0.15) is 49.4 Å². The van der Waals surface area contributed by atoms with E-state index in [2.05, 4.69) is 17.2 Å². The lowest BCUT2D eigenvalue weighted by molar-refractivity contribution is 0.100. The maximum absolute atomic E-state index is 11.3. The summed E-state index contributed by atoms with van der Waals surface area (Å²) in [5.41, 5.74) is 6.12. The molecule has 1 heterocycles. The van der Waals surface area contributed by atoms with E-state index in [1.165, 1.54) is 32.1 Å². The van der Waals surface area contributed by atoms with Crippen molar-refractivity contribution >= 4 is 11.7 Å². The van der Waals surface area contributed by atoms with E-state index < -0.39 is 5.91 Å². The van der Waals surface area contributed by atoms with E-state index in [1.54, 1.807) is 18.3 Å². The van der Waals surface area contributed by atoms with Crippen LogP contribution in [0.25, 0.3) is 0 Å². The van der Waals surface area contributed by atoms with Gasteiger partial charge in [-0.1, -0.05) is 26.2 Å². The van der Waals surface area contributed by atoms with E-state index in [4.69, 9.17) is 5.73 Å². The van der Waals surface area contributed by atoms with Gasteiger partial charge in [0.05, 0.1) is 5.56 Å². The van der Waals surface area contributed by atoms with E-state index in [-0.39, 0.29) is 0 Å². The maximum atomic E-state index is 11.3. The normalized spacial score (nSPS) is 18.3. The van der Waals surface area contributed by atoms with Gasteiger partial charge >= 0.3 is 0 Å². The summed E-state index contributed by atoms with van der Waals surface area (Å²) >= 11 is 0. The van der Waals surface area contributed by atoms with Gasteiger partial charge in [0.25, 0.3) is 5.91 Å². The van der Waals surface area contributed by atoms with Crippen molar-refractivity contribution in [2.24, 2.45) is 11.1 Å². The average molecular weight is 247 g/mol. The van der Waals surface area contributed by atoms with Gasteiger partial charge in [-0.15, -0.1) is 0 Å². The van der Waals surface area contributed by atoms with Gasteiger partial charge in [-0.05, 0) is 30.4 Å². The Morgan fingerprint density at radius 1 is 1.44 bits per heavy atom. The maximum Gasteiger partial charge on any atom is 0.252 e. The molecule has 1 fully saturated rings. The molecule has 2 rings (SSSR count). The molecule has 0 aromatic carbocycles. The Kier molecular flexibility index (Phi) is 3.84. The minimum atomic E-state index is -0.431. The zero-order chi connectivity index (χ0) is 13.0. The van der Waals surface area contributed by atoms with E-state index in [1.807, 2.05) is 0 Å². The van der Waals surface area contributed by atoms with Crippen LogP contribution in [0.4, 0.5) is 5.82 Å². The lowest BCUT2D eigenvalue weighted by Crippen LogP contribution is -2.30. The summed E-state index contributed by atoms with van der Waals surface area (Å²) in [5, 5.41) is 3.29. The zero-order valence-electron chi connectivity index (χ0n) is 10.9. The second-order valence-electron chi connectivity index (χ2n) is 5.49. The van der Waals surface area contributed by atoms with E-state index in [0.717, 1.165) is 6.54 Å². The van der Waals surface area contributed by atoms with Crippen molar-refractivity contribution in [2.45, 2.75) is 39.0 Å². The molecule has 3 N–H and O–H groups in total. The smallest absolute Gasteiger partial charge is 0.252 e. The van der Waals surface area contributed by atoms with Crippen LogP contribution in [0.2, 0.25) is 0 Å². The summed E-state index contributed by atoms with van der Waals surface area (Å²) < 4.78 is 0. The first-order valence-electron chi connectivity index (χ1n) is 6.59. The van der Waals surface area contributed by atoms with Gasteiger partial charge in [-0.3, -0.25) is 4.79 Å². The number of carbonyl (C=O) groups is 1. The molecule has 1 aromatic rings. The van der Waals surface area contributed by atoms with E-state index in [0.29, 0.717) is 16.8 Å². The molecule has 0 atom stereocenters. The van der Waals surface area contributed by atoms with Crippen molar-refractivity contribution in [3.05, 3.63) is 23.9 Å². The monoisotopic (exact) mass is 247 g/mol. The number of aromatic nitrogens is 1. The lowest BCUT2D eigenvalue weighted by atomic mass is 9.76. The summed E-state index contributed by atoms with van der Waals surface area (Å²) in [6, 6.07) is 3.44. The Morgan fingerprint density at radius 2 is 2.17 bits per heavy atom. The molecule has 0 aliphatic heterocycles. The van der Waals surface area contributed by atoms with Crippen molar-refractivity contribution in [2.75, 3.05) is 11.9 Å². The number of primary amides is 1. The summed E-state index contributed by atoms with van der Waals surface area (Å²) in [5.74, 6) is 0.177. The number of pyridine rings is 1. The molecule has 4 heteroatoms. The highest BCUT2D eigenvalue weighted by molar-refractivity contribution is 5.97. The van der Waals surface area contributed by atoms with Crippen molar-refractivity contribution in [3.63, 3.8) is 0 Å². The average Bonchev–Trinajstić information content (AvgIpc) is 2.38. The number of anilines is 1. The Hall–Kier alpha value is -1.58. The molecule has 0 saturated heterocycles. The van der Waals surface area contributed by atoms with Crippen LogP contribution in [0, 0.1) is 5.41 Å². The van der Waals surface area contributed by atoms with Crippen molar-refractivity contribution < 1.29 is 4.79 Å². The van der Waals surface area contributed by atoms with Crippen LogP contribution in [-0.2, 0) is 0 Å². The topological polar surface area (TPSA) is 68.0 Å². The van der Waals surface area contributed by atoms with E-state index in [9.17, 15) is 4.79 Å². The molecule has 1 saturated carbocycles. The van der Waals surface area contributed by atoms with Crippen LogP contribution < -0.4 is 11.1 Å². The molecule has 18 heavy (non-hydrogen) atoms. The minimum Gasteiger partial charge on any atom is -0.369 e. The van der Waals surface area contributed by atoms with Gasteiger partial charge in [0.15, 0.2) is 0 Å². The second-order valence-corrected chi connectivity index (χ2v) is 5.49. The summed E-state index contributed by atoms with van der Waals surface area (Å²) in [6.45, 7) is 3.15.